The lowest BCUT2D eigenvalue weighted by Crippen LogP contribution is -2.02. The van der Waals surface area contributed by atoms with Crippen LogP contribution in [0.1, 0.15) is 42.2 Å². The zero-order chi connectivity index (χ0) is 28.1. The van der Waals surface area contributed by atoms with E-state index < -0.39 is 0 Å². The molecule has 0 saturated carbocycles. The second kappa shape index (κ2) is 9.50. The number of carbonyl (C=O) groups is 3. The van der Waals surface area contributed by atoms with E-state index in [1.54, 1.807) is 60.9 Å². The number of pyridine rings is 1. The molecule has 0 spiro atoms. The fourth-order valence-electron chi connectivity index (χ4n) is 5.46. The van der Waals surface area contributed by atoms with E-state index in [4.69, 9.17) is 0 Å². The van der Waals surface area contributed by atoms with Crippen molar-refractivity contribution < 1.29 is 19.5 Å². The Morgan fingerprint density at radius 3 is 1.66 bits per heavy atom. The SMILES string of the molecule is O=C1C(=C/C=C(/C=C/C2=C([O-])c3cc4ccccc4cc3C2=O)c2ccncc2)C(=O)c2cc3ccccc3cc21. The molecule has 4 aromatic carbocycles. The van der Waals surface area contributed by atoms with E-state index in [1.165, 1.54) is 12.2 Å². The highest BCUT2D eigenvalue weighted by Gasteiger charge is 2.33. The van der Waals surface area contributed by atoms with Crippen LogP contribution in [0.4, 0.5) is 0 Å². The molecule has 1 aromatic heterocycles. The van der Waals surface area contributed by atoms with Gasteiger partial charge in [0.1, 0.15) is 0 Å². The summed E-state index contributed by atoms with van der Waals surface area (Å²) in [4.78, 5) is 43.8. The lowest BCUT2D eigenvalue weighted by molar-refractivity contribution is -0.244. The van der Waals surface area contributed by atoms with Gasteiger partial charge >= 0.3 is 0 Å². The van der Waals surface area contributed by atoms with Crippen molar-refractivity contribution in [2.75, 3.05) is 0 Å². The van der Waals surface area contributed by atoms with Crippen LogP contribution in [0.3, 0.4) is 0 Å². The summed E-state index contributed by atoms with van der Waals surface area (Å²) in [6.07, 6.45) is 9.60. The highest BCUT2D eigenvalue weighted by atomic mass is 16.3. The first-order chi connectivity index (χ1) is 20.0. The summed E-state index contributed by atoms with van der Waals surface area (Å²) in [5, 5.41) is 16.8. The minimum absolute atomic E-state index is 0.0648. The Labute approximate surface area is 235 Å². The molecule has 0 unspecified atom stereocenters. The van der Waals surface area contributed by atoms with Crippen LogP contribution in [-0.4, -0.2) is 22.3 Å². The van der Waals surface area contributed by atoms with Crippen LogP contribution < -0.4 is 5.11 Å². The van der Waals surface area contributed by atoms with E-state index in [1.807, 2.05) is 48.5 Å². The van der Waals surface area contributed by atoms with E-state index >= 15 is 0 Å². The molecular weight excluding hydrogens is 510 g/mol. The Balaban J connectivity index is 1.27. The van der Waals surface area contributed by atoms with Crippen molar-refractivity contribution >= 4 is 50.2 Å². The van der Waals surface area contributed by atoms with Crippen LogP contribution in [0.2, 0.25) is 0 Å². The van der Waals surface area contributed by atoms with Crippen molar-refractivity contribution in [1.29, 1.82) is 0 Å². The maximum Gasteiger partial charge on any atom is 0.197 e. The Bertz CT molecular complexity index is 2040. The molecule has 0 aliphatic heterocycles. The van der Waals surface area contributed by atoms with Crippen LogP contribution in [0.25, 0.3) is 32.9 Å². The molecule has 0 amide bonds. The summed E-state index contributed by atoms with van der Waals surface area (Å²) < 4.78 is 0. The van der Waals surface area contributed by atoms with Crippen molar-refractivity contribution in [1.82, 2.24) is 4.98 Å². The highest BCUT2D eigenvalue weighted by molar-refractivity contribution is 6.40. The number of hydrogen-bond acceptors (Lipinski definition) is 5. The first-order valence-electron chi connectivity index (χ1n) is 13.1. The minimum Gasteiger partial charge on any atom is -0.872 e. The molecule has 5 nitrogen and oxygen atoms in total. The fourth-order valence-corrected chi connectivity index (χ4v) is 5.46. The summed E-state index contributed by atoms with van der Waals surface area (Å²) in [7, 11) is 0. The molecule has 2 aliphatic rings. The van der Waals surface area contributed by atoms with Crippen molar-refractivity contribution in [3.8, 4) is 0 Å². The average molecular weight is 531 g/mol. The molecule has 5 heteroatoms. The van der Waals surface area contributed by atoms with Crippen LogP contribution >= 0.6 is 0 Å². The molecule has 41 heavy (non-hydrogen) atoms. The molecule has 7 rings (SSSR count). The number of carbonyl (C=O) groups excluding carboxylic acids is 3. The Morgan fingerprint density at radius 2 is 1.12 bits per heavy atom. The van der Waals surface area contributed by atoms with Crippen molar-refractivity contribution in [3.63, 3.8) is 0 Å². The number of hydrogen-bond donors (Lipinski definition) is 0. The van der Waals surface area contributed by atoms with Crippen LogP contribution in [0.5, 0.6) is 0 Å². The largest absolute Gasteiger partial charge is 0.872 e. The van der Waals surface area contributed by atoms with Gasteiger partial charge in [0, 0.05) is 34.7 Å². The van der Waals surface area contributed by atoms with E-state index in [0.29, 0.717) is 27.8 Å². The average Bonchev–Trinajstić information content (AvgIpc) is 3.38. The molecule has 0 atom stereocenters. The van der Waals surface area contributed by atoms with Crippen LogP contribution in [0, 0.1) is 0 Å². The summed E-state index contributed by atoms with van der Waals surface area (Å²) in [5.74, 6) is -1.32. The Morgan fingerprint density at radius 1 is 0.634 bits per heavy atom. The molecule has 194 valence electrons. The number of aromatic nitrogens is 1. The topological polar surface area (TPSA) is 87.2 Å². The van der Waals surface area contributed by atoms with Gasteiger partial charge in [-0.05, 0) is 80.7 Å². The number of nitrogens with zero attached hydrogens (tertiary/aromatic N) is 1. The third-order valence-electron chi connectivity index (χ3n) is 7.60. The number of fused-ring (bicyclic) bond motifs is 4. The Hall–Kier alpha value is -5.68. The van der Waals surface area contributed by atoms with Gasteiger partial charge < -0.3 is 5.11 Å². The van der Waals surface area contributed by atoms with Gasteiger partial charge in [0.25, 0.3) is 0 Å². The first kappa shape index (κ1) is 24.4. The third kappa shape index (κ3) is 4.03. The number of allylic oxidation sites excluding steroid dienone is 7. The highest BCUT2D eigenvalue weighted by Crippen LogP contribution is 2.34. The number of Topliss-reactive ketones (excluding diaryl/α,β-unsaturated/α-hetero) is 3. The van der Waals surface area contributed by atoms with Crippen LogP contribution in [-0.2, 0) is 0 Å². The van der Waals surface area contributed by atoms with Crippen molar-refractivity contribution in [3.05, 3.63) is 161 Å². The minimum atomic E-state index is -0.330. The molecular formula is C36H20NO4-. The predicted molar refractivity (Wildman–Crippen MR) is 157 cm³/mol. The zero-order valence-electron chi connectivity index (χ0n) is 21.6. The summed E-state index contributed by atoms with van der Waals surface area (Å²) in [6, 6.07) is 25.8. The van der Waals surface area contributed by atoms with Gasteiger partial charge in [-0.3, -0.25) is 19.4 Å². The van der Waals surface area contributed by atoms with Gasteiger partial charge in [-0.1, -0.05) is 72.5 Å². The normalized spacial score (nSPS) is 15.0. The van der Waals surface area contributed by atoms with Crippen molar-refractivity contribution in [2.45, 2.75) is 0 Å². The first-order valence-corrected chi connectivity index (χ1v) is 13.1. The number of ketones is 3. The quantitative estimate of drug-likeness (QED) is 0.155. The second-order valence-corrected chi connectivity index (χ2v) is 9.99. The number of rotatable bonds is 4. The molecule has 0 saturated heterocycles. The number of benzene rings is 4. The van der Waals surface area contributed by atoms with Gasteiger partial charge in [0.05, 0.1) is 5.57 Å². The summed E-state index contributed by atoms with van der Waals surface area (Å²) >= 11 is 0. The second-order valence-electron chi connectivity index (χ2n) is 9.99. The van der Waals surface area contributed by atoms with E-state index in [9.17, 15) is 19.5 Å². The van der Waals surface area contributed by atoms with Gasteiger partial charge in [0.15, 0.2) is 17.3 Å². The van der Waals surface area contributed by atoms with Gasteiger partial charge in [-0.25, -0.2) is 0 Å². The standard InChI is InChI=1S/C36H21NO4/c38-33-27(34(39)30-18-24-6-2-1-5-23(24)17-29(30)33)11-9-21(22-13-15-37-16-14-22)10-12-28-35(40)31-19-25-7-3-4-8-26(25)20-32(31)36(28)41/h1-20,38H/p-1/b11-9+,21-10-. The van der Waals surface area contributed by atoms with Gasteiger partial charge in [-0.2, -0.15) is 0 Å². The Kier molecular flexibility index (Phi) is 5.65. The summed E-state index contributed by atoms with van der Waals surface area (Å²) in [6.45, 7) is 0. The van der Waals surface area contributed by atoms with Crippen LogP contribution in [0.15, 0.2) is 133 Å². The summed E-state index contributed by atoms with van der Waals surface area (Å²) in [5.41, 5.74) is 3.03. The fraction of sp³-hybridized carbons (Fsp3) is 0. The maximum atomic E-state index is 13.2. The zero-order valence-corrected chi connectivity index (χ0v) is 21.6. The van der Waals surface area contributed by atoms with Gasteiger partial charge in [0.2, 0.25) is 0 Å². The molecule has 0 N–H and O–H groups in total. The predicted octanol–water partition coefficient (Wildman–Crippen LogP) is 6.30. The molecule has 5 aromatic rings. The van der Waals surface area contributed by atoms with Gasteiger partial charge in [-0.15, -0.1) is 0 Å². The monoisotopic (exact) mass is 530 g/mol. The smallest absolute Gasteiger partial charge is 0.197 e. The van der Waals surface area contributed by atoms with Crippen molar-refractivity contribution in [2.24, 2.45) is 0 Å². The molecule has 0 radical (unpaired) electrons. The lowest BCUT2D eigenvalue weighted by Gasteiger charge is -2.10. The van der Waals surface area contributed by atoms with E-state index in [-0.39, 0.29) is 34.3 Å². The van der Waals surface area contributed by atoms with E-state index in [0.717, 1.165) is 27.1 Å². The molecule has 1 heterocycles. The third-order valence-corrected chi connectivity index (χ3v) is 7.60. The molecule has 0 fully saturated rings. The van der Waals surface area contributed by atoms with E-state index in [2.05, 4.69) is 4.98 Å². The molecule has 0 bridgehead atoms. The lowest BCUT2D eigenvalue weighted by atomic mass is 10.0. The maximum absolute atomic E-state index is 13.2. The molecule has 2 aliphatic carbocycles.